The molecule has 2 rings (SSSR count). The maximum Gasteiger partial charge on any atom is 0.0309 e. The highest BCUT2D eigenvalue weighted by molar-refractivity contribution is 5.05. The molecule has 2 nitrogen and oxygen atoms in total. The normalized spacial score (nSPS) is 25.5. The molecule has 1 aliphatic heterocycles. The van der Waals surface area contributed by atoms with Gasteiger partial charge in [-0.3, -0.25) is 4.90 Å². The molecule has 2 fully saturated rings. The molecule has 1 unspecified atom stereocenters. The van der Waals surface area contributed by atoms with Crippen molar-refractivity contribution in [3.8, 4) is 0 Å². The van der Waals surface area contributed by atoms with Gasteiger partial charge in [-0.05, 0) is 32.6 Å². The van der Waals surface area contributed by atoms with Crippen LogP contribution in [0.4, 0.5) is 0 Å². The second-order valence-electron chi connectivity index (χ2n) is 5.92. The van der Waals surface area contributed by atoms with Crippen molar-refractivity contribution in [3.63, 3.8) is 0 Å². The lowest BCUT2D eigenvalue weighted by Gasteiger charge is -2.39. The van der Waals surface area contributed by atoms with Crippen LogP contribution < -0.4 is 5.32 Å². The largest absolute Gasteiger partial charge is 0.314 e. The summed E-state index contributed by atoms with van der Waals surface area (Å²) in [7, 11) is 0. The Morgan fingerprint density at radius 2 is 1.76 bits per heavy atom. The van der Waals surface area contributed by atoms with E-state index in [2.05, 4.69) is 30.1 Å². The molecule has 0 radical (unpaired) electrons. The van der Waals surface area contributed by atoms with E-state index in [1.165, 1.54) is 63.9 Å². The van der Waals surface area contributed by atoms with Gasteiger partial charge in [0.15, 0.2) is 0 Å². The van der Waals surface area contributed by atoms with E-state index in [1.807, 2.05) is 0 Å². The van der Waals surface area contributed by atoms with Crippen LogP contribution >= 0.6 is 0 Å². The number of hydrogen-bond acceptors (Lipinski definition) is 2. The Morgan fingerprint density at radius 1 is 1.12 bits per heavy atom. The van der Waals surface area contributed by atoms with Crippen LogP contribution in [-0.4, -0.2) is 37.1 Å². The molecule has 98 valence electrons. The molecule has 0 aromatic heterocycles. The second kappa shape index (κ2) is 6.55. The highest BCUT2D eigenvalue weighted by atomic mass is 15.2. The molecule has 1 N–H and O–H groups in total. The average molecular weight is 236 g/mol. The SMILES string of the molecule is CC(C)=CC(C1CCCCC1)N1CCNCC1. The van der Waals surface area contributed by atoms with Gasteiger partial charge in [0.05, 0.1) is 0 Å². The zero-order valence-corrected chi connectivity index (χ0v) is 11.5. The van der Waals surface area contributed by atoms with Gasteiger partial charge >= 0.3 is 0 Å². The molecule has 17 heavy (non-hydrogen) atoms. The smallest absolute Gasteiger partial charge is 0.0309 e. The van der Waals surface area contributed by atoms with Gasteiger partial charge in [0, 0.05) is 32.2 Å². The molecule has 0 aromatic carbocycles. The first-order valence-electron chi connectivity index (χ1n) is 7.37. The second-order valence-corrected chi connectivity index (χ2v) is 5.92. The number of hydrogen-bond donors (Lipinski definition) is 1. The molecule has 1 aliphatic carbocycles. The van der Waals surface area contributed by atoms with Gasteiger partial charge in [0.2, 0.25) is 0 Å². The fourth-order valence-corrected chi connectivity index (χ4v) is 3.34. The molecule has 0 aromatic rings. The summed E-state index contributed by atoms with van der Waals surface area (Å²) in [6.45, 7) is 9.28. The van der Waals surface area contributed by atoms with Crippen LogP contribution in [0.1, 0.15) is 46.0 Å². The van der Waals surface area contributed by atoms with Gasteiger partial charge in [-0.1, -0.05) is 30.9 Å². The highest BCUT2D eigenvalue weighted by Gasteiger charge is 2.27. The van der Waals surface area contributed by atoms with Crippen LogP contribution in [0.5, 0.6) is 0 Å². The van der Waals surface area contributed by atoms with Crippen molar-refractivity contribution >= 4 is 0 Å². The minimum atomic E-state index is 0.711. The maximum absolute atomic E-state index is 3.46. The van der Waals surface area contributed by atoms with Crippen LogP contribution in [0.15, 0.2) is 11.6 Å². The van der Waals surface area contributed by atoms with Crippen molar-refractivity contribution in [1.82, 2.24) is 10.2 Å². The van der Waals surface area contributed by atoms with Crippen molar-refractivity contribution in [2.45, 2.75) is 52.0 Å². The Kier molecular flexibility index (Phi) is 5.05. The van der Waals surface area contributed by atoms with Crippen molar-refractivity contribution < 1.29 is 0 Å². The molecule has 2 heteroatoms. The van der Waals surface area contributed by atoms with E-state index in [0.29, 0.717) is 6.04 Å². The van der Waals surface area contributed by atoms with E-state index in [1.54, 1.807) is 0 Å². The van der Waals surface area contributed by atoms with Crippen molar-refractivity contribution in [1.29, 1.82) is 0 Å². The van der Waals surface area contributed by atoms with Crippen molar-refractivity contribution in [3.05, 3.63) is 11.6 Å². The maximum atomic E-state index is 3.46. The Labute approximate surface area is 106 Å². The van der Waals surface area contributed by atoms with E-state index in [-0.39, 0.29) is 0 Å². The molecule has 0 bridgehead atoms. The Balaban J connectivity index is 2.03. The lowest BCUT2D eigenvalue weighted by Crippen LogP contribution is -2.50. The molecule has 0 spiro atoms. The number of rotatable bonds is 3. The van der Waals surface area contributed by atoms with Crippen LogP contribution in [0.3, 0.4) is 0 Å². The standard InChI is InChI=1S/C15H28N2/c1-13(2)12-15(14-6-4-3-5-7-14)17-10-8-16-9-11-17/h12,14-16H,3-11H2,1-2H3. The summed E-state index contributed by atoms with van der Waals surface area (Å²) in [6.07, 6.45) is 9.77. The average Bonchev–Trinajstić information content (AvgIpc) is 2.38. The number of allylic oxidation sites excluding steroid dienone is 1. The third-order valence-electron chi connectivity index (χ3n) is 4.21. The van der Waals surface area contributed by atoms with Gasteiger partial charge in [-0.25, -0.2) is 0 Å². The topological polar surface area (TPSA) is 15.3 Å². The first-order valence-corrected chi connectivity index (χ1v) is 7.37. The molecule has 1 saturated carbocycles. The number of piperazine rings is 1. The summed E-state index contributed by atoms with van der Waals surface area (Å²) in [5.74, 6) is 0.914. The lowest BCUT2D eigenvalue weighted by molar-refractivity contribution is 0.133. The zero-order chi connectivity index (χ0) is 12.1. The monoisotopic (exact) mass is 236 g/mol. The summed E-state index contributed by atoms with van der Waals surface area (Å²) in [4.78, 5) is 2.71. The van der Waals surface area contributed by atoms with Crippen molar-refractivity contribution in [2.24, 2.45) is 5.92 Å². The molecule has 1 atom stereocenters. The summed E-state index contributed by atoms with van der Waals surface area (Å²) >= 11 is 0. The predicted octanol–water partition coefficient (Wildman–Crippen LogP) is 2.81. The van der Waals surface area contributed by atoms with Gasteiger partial charge < -0.3 is 5.32 Å². The highest BCUT2D eigenvalue weighted by Crippen LogP contribution is 2.30. The zero-order valence-electron chi connectivity index (χ0n) is 11.5. The van der Waals surface area contributed by atoms with E-state index in [0.717, 1.165) is 5.92 Å². The minimum absolute atomic E-state index is 0.711. The predicted molar refractivity (Wildman–Crippen MR) is 74.2 cm³/mol. The van der Waals surface area contributed by atoms with E-state index in [4.69, 9.17) is 0 Å². The van der Waals surface area contributed by atoms with Crippen LogP contribution in [0.25, 0.3) is 0 Å². The first-order chi connectivity index (χ1) is 8.27. The van der Waals surface area contributed by atoms with Gasteiger partial charge in [-0.2, -0.15) is 0 Å². The molecular weight excluding hydrogens is 208 g/mol. The van der Waals surface area contributed by atoms with Crippen molar-refractivity contribution in [2.75, 3.05) is 26.2 Å². The lowest BCUT2D eigenvalue weighted by atomic mass is 9.82. The van der Waals surface area contributed by atoms with E-state index >= 15 is 0 Å². The summed E-state index contributed by atoms with van der Waals surface area (Å²) in [5.41, 5.74) is 1.49. The van der Waals surface area contributed by atoms with Gasteiger partial charge in [-0.15, -0.1) is 0 Å². The Bertz CT molecular complexity index is 226. The molecule has 2 aliphatic rings. The summed E-state index contributed by atoms with van der Waals surface area (Å²) in [6, 6.07) is 0.711. The van der Waals surface area contributed by atoms with Gasteiger partial charge in [0.1, 0.15) is 0 Å². The summed E-state index contributed by atoms with van der Waals surface area (Å²) < 4.78 is 0. The summed E-state index contributed by atoms with van der Waals surface area (Å²) in [5, 5.41) is 3.46. The molecule has 0 amide bonds. The van der Waals surface area contributed by atoms with Gasteiger partial charge in [0.25, 0.3) is 0 Å². The molecular formula is C15H28N2. The Hall–Kier alpha value is -0.340. The van der Waals surface area contributed by atoms with Crippen LogP contribution in [0, 0.1) is 5.92 Å². The number of nitrogens with one attached hydrogen (secondary N) is 1. The fourth-order valence-electron chi connectivity index (χ4n) is 3.34. The quantitative estimate of drug-likeness (QED) is 0.758. The first kappa shape index (κ1) is 13.1. The Morgan fingerprint density at radius 3 is 2.35 bits per heavy atom. The third kappa shape index (κ3) is 3.82. The minimum Gasteiger partial charge on any atom is -0.314 e. The van der Waals surface area contributed by atoms with E-state index < -0.39 is 0 Å². The third-order valence-corrected chi connectivity index (χ3v) is 4.21. The molecule has 1 saturated heterocycles. The number of nitrogens with zero attached hydrogens (tertiary/aromatic N) is 1. The molecule has 1 heterocycles. The van der Waals surface area contributed by atoms with Crippen LogP contribution in [-0.2, 0) is 0 Å². The fraction of sp³-hybridized carbons (Fsp3) is 0.867. The van der Waals surface area contributed by atoms with E-state index in [9.17, 15) is 0 Å². The van der Waals surface area contributed by atoms with Crippen LogP contribution in [0.2, 0.25) is 0 Å².